The average Bonchev–Trinajstić information content (AvgIpc) is 2.54. The largest absolute Gasteiger partial charge is 0.493 e. The zero-order valence-corrected chi connectivity index (χ0v) is 9.54. The van der Waals surface area contributed by atoms with Crippen molar-refractivity contribution in [3.63, 3.8) is 0 Å². The molecule has 1 atom stereocenters. The molecule has 1 aromatic rings. The highest BCUT2D eigenvalue weighted by Gasteiger charge is 2.31. The van der Waals surface area contributed by atoms with Crippen LogP contribution < -0.4 is 5.56 Å². The van der Waals surface area contributed by atoms with Crippen LogP contribution in [0, 0.1) is 6.92 Å². The van der Waals surface area contributed by atoms with Crippen molar-refractivity contribution in [1.82, 2.24) is 9.97 Å². The van der Waals surface area contributed by atoms with E-state index in [1.807, 2.05) is 0 Å². The maximum Gasteiger partial charge on any atom is 0.257 e. The standard InChI is InChI=1S/C9H12N2O4S/c1-5-8(12)10-7(11-9(5)13)6-2-3-16(14,15)4-6/h6H,2-4H2,1H3,(H2,10,11,12,13). The van der Waals surface area contributed by atoms with Crippen molar-refractivity contribution in [3.8, 4) is 5.88 Å². The van der Waals surface area contributed by atoms with Gasteiger partial charge in [-0.25, -0.2) is 8.42 Å². The minimum Gasteiger partial charge on any atom is -0.493 e. The molecule has 88 valence electrons. The van der Waals surface area contributed by atoms with Gasteiger partial charge in [-0.3, -0.25) is 4.79 Å². The molecule has 0 radical (unpaired) electrons. The average molecular weight is 244 g/mol. The first-order valence-electron chi connectivity index (χ1n) is 4.89. The molecular formula is C9H12N2O4S. The second kappa shape index (κ2) is 3.58. The van der Waals surface area contributed by atoms with E-state index in [1.165, 1.54) is 6.92 Å². The smallest absolute Gasteiger partial charge is 0.257 e. The van der Waals surface area contributed by atoms with E-state index in [-0.39, 0.29) is 34.7 Å². The summed E-state index contributed by atoms with van der Waals surface area (Å²) in [6.07, 6.45) is 0.438. The molecule has 6 nitrogen and oxygen atoms in total. The summed E-state index contributed by atoms with van der Waals surface area (Å²) in [6.45, 7) is 1.45. The molecule has 0 aliphatic carbocycles. The van der Waals surface area contributed by atoms with Gasteiger partial charge in [0.05, 0.1) is 17.1 Å². The first-order chi connectivity index (χ1) is 7.39. The molecule has 1 aliphatic rings. The van der Waals surface area contributed by atoms with Crippen molar-refractivity contribution in [3.05, 3.63) is 21.7 Å². The Morgan fingerprint density at radius 2 is 2.19 bits per heavy atom. The van der Waals surface area contributed by atoms with Gasteiger partial charge >= 0.3 is 0 Å². The predicted molar refractivity (Wildman–Crippen MR) is 57.3 cm³/mol. The first-order valence-corrected chi connectivity index (χ1v) is 6.71. The molecule has 0 spiro atoms. The van der Waals surface area contributed by atoms with E-state index >= 15 is 0 Å². The number of nitrogens with one attached hydrogen (secondary N) is 1. The van der Waals surface area contributed by atoms with Gasteiger partial charge in [-0.2, -0.15) is 4.98 Å². The van der Waals surface area contributed by atoms with Crippen LogP contribution in [-0.2, 0) is 9.84 Å². The van der Waals surface area contributed by atoms with Crippen molar-refractivity contribution < 1.29 is 13.5 Å². The molecular weight excluding hydrogens is 232 g/mol. The summed E-state index contributed by atoms with van der Waals surface area (Å²) < 4.78 is 22.5. The highest BCUT2D eigenvalue weighted by molar-refractivity contribution is 7.91. The molecule has 1 aromatic heterocycles. The quantitative estimate of drug-likeness (QED) is 0.705. The minimum absolute atomic E-state index is 0.0154. The molecule has 0 saturated carbocycles. The molecule has 16 heavy (non-hydrogen) atoms. The van der Waals surface area contributed by atoms with E-state index in [1.54, 1.807) is 0 Å². The molecule has 1 saturated heterocycles. The van der Waals surface area contributed by atoms with Gasteiger partial charge in [-0.15, -0.1) is 0 Å². The molecule has 0 bridgehead atoms. The second-order valence-corrected chi connectivity index (χ2v) is 6.23. The number of sulfone groups is 1. The van der Waals surface area contributed by atoms with Crippen LogP contribution in [0.3, 0.4) is 0 Å². The third-order valence-electron chi connectivity index (χ3n) is 2.76. The zero-order valence-electron chi connectivity index (χ0n) is 8.73. The lowest BCUT2D eigenvalue weighted by molar-refractivity contribution is 0.440. The number of aromatic nitrogens is 2. The Balaban J connectivity index is 2.40. The Labute approximate surface area is 92.3 Å². The van der Waals surface area contributed by atoms with Gasteiger partial charge in [0.2, 0.25) is 5.88 Å². The van der Waals surface area contributed by atoms with Crippen LogP contribution >= 0.6 is 0 Å². The molecule has 1 unspecified atom stereocenters. The number of hydrogen-bond donors (Lipinski definition) is 2. The SMILES string of the molecule is Cc1c(O)nc(C2CCS(=O)(=O)C2)[nH]c1=O. The Hall–Kier alpha value is -1.37. The molecule has 2 N–H and O–H groups in total. The van der Waals surface area contributed by atoms with Gasteiger partial charge in [0.15, 0.2) is 9.84 Å². The fourth-order valence-electron chi connectivity index (χ4n) is 1.74. The Morgan fingerprint density at radius 3 is 2.69 bits per heavy atom. The topological polar surface area (TPSA) is 100 Å². The number of nitrogens with zero attached hydrogens (tertiary/aromatic N) is 1. The lowest BCUT2D eigenvalue weighted by Crippen LogP contribution is -2.17. The van der Waals surface area contributed by atoms with Crippen molar-refractivity contribution in [2.75, 3.05) is 11.5 Å². The van der Waals surface area contributed by atoms with E-state index in [0.29, 0.717) is 6.42 Å². The minimum atomic E-state index is -3.02. The fraction of sp³-hybridized carbons (Fsp3) is 0.556. The maximum absolute atomic E-state index is 11.4. The van der Waals surface area contributed by atoms with E-state index in [4.69, 9.17) is 0 Å². The van der Waals surface area contributed by atoms with Gasteiger partial charge in [0.1, 0.15) is 5.82 Å². The number of hydrogen-bond acceptors (Lipinski definition) is 5. The van der Waals surface area contributed by atoms with E-state index < -0.39 is 15.4 Å². The third kappa shape index (κ3) is 1.95. The summed E-state index contributed by atoms with van der Waals surface area (Å²) in [7, 11) is -3.02. The zero-order chi connectivity index (χ0) is 11.9. The molecule has 2 heterocycles. The van der Waals surface area contributed by atoms with Gasteiger partial charge in [0, 0.05) is 5.92 Å². The van der Waals surface area contributed by atoms with E-state index in [2.05, 4.69) is 9.97 Å². The van der Waals surface area contributed by atoms with Crippen LogP contribution in [0.25, 0.3) is 0 Å². The highest BCUT2D eigenvalue weighted by atomic mass is 32.2. The summed E-state index contributed by atoms with van der Waals surface area (Å²) in [5.41, 5.74) is -0.281. The molecule has 0 aromatic carbocycles. The highest BCUT2D eigenvalue weighted by Crippen LogP contribution is 2.26. The fourth-order valence-corrected chi connectivity index (χ4v) is 3.49. The number of aromatic hydroxyl groups is 1. The van der Waals surface area contributed by atoms with Gasteiger partial charge < -0.3 is 10.1 Å². The number of rotatable bonds is 1. The summed E-state index contributed by atoms with van der Waals surface area (Å²) >= 11 is 0. The second-order valence-electron chi connectivity index (χ2n) is 4.00. The van der Waals surface area contributed by atoms with E-state index in [9.17, 15) is 18.3 Å². The molecule has 0 amide bonds. The van der Waals surface area contributed by atoms with Crippen LogP contribution in [0.4, 0.5) is 0 Å². The number of H-pyrrole nitrogens is 1. The molecule has 1 fully saturated rings. The Kier molecular flexibility index (Phi) is 2.49. The summed E-state index contributed by atoms with van der Waals surface area (Å²) in [5.74, 6) is -0.296. The van der Waals surface area contributed by atoms with Gasteiger partial charge in [0.25, 0.3) is 5.56 Å². The van der Waals surface area contributed by atoms with Crippen molar-refractivity contribution in [2.45, 2.75) is 19.3 Å². The normalized spacial score (nSPS) is 23.4. The Morgan fingerprint density at radius 1 is 1.50 bits per heavy atom. The van der Waals surface area contributed by atoms with Gasteiger partial charge in [-0.05, 0) is 13.3 Å². The molecule has 1 aliphatic heterocycles. The summed E-state index contributed by atoms with van der Waals surface area (Å²) in [5, 5.41) is 9.39. The lowest BCUT2D eigenvalue weighted by atomic mass is 10.1. The molecule has 7 heteroatoms. The molecule has 2 rings (SSSR count). The summed E-state index contributed by atoms with van der Waals surface area (Å²) in [4.78, 5) is 17.7. The van der Waals surface area contributed by atoms with Crippen molar-refractivity contribution in [2.24, 2.45) is 0 Å². The maximum atomic E-state index is 11.4. The predicted octanol–water partition coefficient (Wildman–Crippen LogP) is -0.314. The van der Waals surface area contributed by atoms with Crippen LogP contribution in [0.5, 0.6) is 5.88 Å². The third-order valence-corrected chi connectivity index (χ3v) is 4.53. The first kappa shape index (κ1) is 11.1. The van der Waals surface area contributed by atoms with Crippen LogP contribution in [-0.4, -0.2) is 35.0 Å². The monoisotopic (exact) mass is 244 g/mol. The van der Waals surface area contributed by atoms with Crippen LogP contribution in [0.1, 0.15) is 23.7 Å². The van der Waals surface area contributed by atoms with E-state index in [0.717, 1.165) is 0 Å². The van der Waals surface area contributed by atoms with Gasteiger partial charge in [-0.1, -0.05) is 0 Å². The Bertz CT molecular complexity index is 576. The summed E-state index contributed by atoms with van der Waals surface area (Å²) in [6, 6.07) is 0. The lowest BCUT2D eigenvalue weighted by Gasteiger charge is -2.07. The van der Waals surface area contributed by atoms with Crippen LogP contribution in [0.2, 0.25) is 0 Å². The number of aromatic amines is 1. The van der Waals surface area contributed by atoms with Crippen molar-refractivity contribution in [1.29, 1.82) is 0 Å². The van der Waals surface area contributed by atoms with Crippen LogP contribution in [0.15, 0.2) is 4.79 Å². The van der Waals surface area contributed by atoms with Crippen molar-refractivity contribution >= 4 is 9.84 Å².